The lowest BCUT2D eigenvalue weighted by atomic mass is 10.0. The van der Waals surface area contributed by atoms with Crippen LogP contribution in [0.2, 0.25) is 0 Å². The van der Waals surface area contributed by atoms with Crippen LogP contribution in [0.3, 0.4) is 0 Å². The van der Waals surface area contributed by atoms with Gasteiger partial charge >= 0.3 is 6.09 Å². The van der Waals surface area contributed by atoms with Crippen molar-refractivity contribution in [2.24, 2.45) is 0 Å². The summed E-state index contributed by atoms with van der Waals surface area (Å²) in [4.78, 5) is 19.0. The summed E-state index contributed by atoms with van der Waals surface area (Å²) in [6.07, 6.45) is 0.453. The minimum atomic E-state index is -0.490. The van der Waals surface area contributed by atoms with E-state index < -0.39 is 5.60 Å². The molecule has 1 aliphatic heterocycles. The zero-order valence-electron chi connectivity index (χ0n) is 18.3. The molecule has 1 amide bonds. The maximum Gasteiger partial charge on any atom is 0.410 e. The van der Waals surface area contributed by atoms with Crippen LogP contribution in [-0.2, 0) is 24.3 Å². The second-order valence-corrected chi connectivity index (χ2v) is 8.75. The molecule has 3 aromatic rings. The van der Waals surface area contributed by atoms with Crippen molar-refractivity contribution in [3.05, 3.63) is 83.6 Å². The van der Waals surface area contributed by atoms with E-state index in [4.69, 9.17) is 14.5 Å². The molecule has 0 fully saturated rings. The molecule has 1 aliphatic rings. The van der Waals surface area contributed by atoms with E-state index in [1.165, 1.54) is 0 Å². The number of hydrogen-bond acceptors (Lipinski definition) is 4. The predicted octanol–water partition coefficient (Wildman–Crippen LogP) is 5.62. The van der Waals surface area contributed by atoms with Crippen molar-refractivity contribution in [2.45, 2.75) is 45.9 Å². The molecule has 160 valence electrons. The highest BCUT2D eigenvalue weighted by molar-refractivity contribution is 5.69. The lowest BCUT2D eigenvalue weighted by molar-refractivity contribution is 0.0223. The molecular weight excluding hydrogens is 388 g/mol. The Bertz CT molecular complexity index is 1040. The zero-order valence-corrected chi connectivity index (χ0v) is 18.3. The largest absolute Gasteiger partial charge is 0.489 e. The standard InChI is InChI=1S/C26H28N2O3/c1-26(2,3)31-25(29)28-16-15-24-21(17-28)11-14-23(27-24)20-9-12-22(13-10-20)30-18-19-7-5-4-6-8-19/h4-14H,15-18H2,1-3H3. The quantitative estimate of drug-likeness (QED) is 0.554. The molecule has 0 spiro atoms. The normalized spacial score (nSPS) is 13.5. The maximum atomic E-state index is 12.4. The fourth-order valence-corrected chi connectivity index (χ4v) is 3.52. The molecule has 0 unspecified atom stereocenters. The van der Waals surface area contributed by atoms with Crippen LogP contribution in [0, 0.1) is 0 Å². The lowest BCUT2D eigenvalue weighted by Crippen LogP contribution is -2.40. The van der Waals surface area contributed by atoms with Crippen LogP contribution in [0.5, 0.6) is 5.75 Å². The Hall–Kier alpha value is -3.34. The summed E-state index contributed by atoms with van der Waals surface area (Å²) < 4.78 is 11.4. The molecule has 0 saturated heterocycles. The molecule has 1 aromatic heterocycles. The highest BCUT2D eigenvalue weighted by Crippen LogP contribution is 2.26. The number of fused-ring (bicyclic) bond motifs is 1. The van der Waals surface area contributed by atoms with E-state index in [0.717, 1.165) is 40.2 Å². The van der Waals surface area contributed by atoms with E-state index in [0.29, 0.717) is 19.7 Å². The van der Waals surface area contributed by atoms with Gasteiger partial charge in [0.15, 0.2) is 0 Å². The predicted molar refractivity (Wildman–Crippen MR) is 121 cm³/mol. The number of rotatable bonds is 4. The number of ether oxygens (including phenoxy) is 2. The van der Waals surface area contributed by atoms with Crippen LogP contribution in [0.25, 0.3) is 11.3 Å². The van der Waals surface area contributed by atoms with Crippen LogP contribution in [-0.4, -0.2) is 28.1 Å². The Kier molecular flexibility index (Phi) is 5.94. The van der Waals surface area contributed by atoms with Crippen molar-refractivity contribution in [3.8, 4) is 17.0 Å². The Morgan fingerprint density at radius 1 is 1.00 bits per heavy atom. The molecule has 5 heteroatoms. The van der Waals surface area contributed by atoms with Crippen LogP contribution in [0.15, 0.2) is 66.7 Å². The van der Waals surface area contributed by atoms with Crippen LogP contribution in [0.4, 0.5) is 4.79 Å². The van der Waals surface area contributed by atoms with Crippen LogP contribution < -0.4 is 4.74 Å². The van der Waals surface area contributed by atoms with Crippen LogP contribution >= 0.6 is 0 Å². The Morgan fingerprint density at radius 2 is 1.74 bits per heavy atom. The Labute approximate surface area is 183 Å². The molecular formula is C26H28N2O3. The van der Waals surface area contributed by atoms with Crippen LogP contribution in [0.1, 0.15) is 37.6 Å². The SMILES string of the molecule is CC(C)(C)OC(=O)N1CCc2nc(-c3ccc(OCc4ccccc4)cc3)ccc2C1. The van der Waals surface area contributed by atoms with E-state index in [2.05, 4.69) is 18.2 Å². The minimum Gasteiger partial charge on any atom is -0.489 e. The molecule has 2 aromatic carbocycles. The molecule has 2 heterocycles. The summed E-state index contributed by atoms with van der Waals surface area (Å²) in [5.41, 5.74) is 4.74. The van der Waals surface area contributed by atoms with E-state index in [1.54, 1.807) is 4.90 Å². The number of amides is 1. The molecule has 5 nitrogen and oxygen atoms in total. The van der Waals surface area contributed by atoms with Gasteiger partial charge in [-0.05, 0) is 62.2 Å². The lowest BCUT2D eigenvalue weighted by Gasteiger charge is -2.31. The summed E-state index contributed by atoms with van der Waals surface area (Å²) in [5.74, 6) is 0.832. The molecule has 0 aliphatic carbocycles. The highest BCUT2D eigenvalue weighted by Gasteiger charge is 2.26. The summed E-state index contributed by atoms with van der Waals surface area (Å²) in [7, 11) is 0. The number of hydrogen-bond donors (Lipinski definition) is 0. The molecule has 0 radical (unpaired) electrons. The summed E-state index contributed by atoms with van der Waals surface area (Å²) in [6.45, 7) is 7.34. The zero-order chi connectivity index (χ0) is 21.8. The van der Waals surface area contributed by atoms with Gasteiger partial charge in [-0.2, -0.15) is 0 Å². The van der Waals surface area contributed by atoms with Crippen molar-refractivity contribution in [1.29, 1.82) is 0 Å². The first kappa shape index (κ1) is 20.9. The molecule has 0 saturated carbocycles. The third kappa shape index (κ3) is 5.43. The topological polar surface area (TPSA) is 51.7 Å². The summed E-state index contributed by atoms with van der Waals surface area (Å²) >= 11 is 0. The molecule has 4 rings (SSSR count). The number of aromatic nitrogens is 1. The maximum absolute atomic E-state index is 12.4. The first-order valence-corrected chi connectivity index (χ1v) is 10.6. The number of benzene rings is 2. The van der Waals surface area contributed by atoms with E-state index >= 15 is 0 Å². The van der Waals surface area contributed by atoms with Gasteiger partial charge in [0, 0.05) is 24.2 Å². The fourth-order valence-electron chi connectivity index (χ4n) is 3.52. The number of carbonyl (C=O) groups is 1. The smallest absolute Gasteiger partial charge is 0.410 e. The minimum absolute atomic E-state index is 0.270. The number of pyridine rings is 1. The van der Waals surface area contributed by atoms with Gasteiger partial charge in [0.25, 0.3) is 0 Å². The average Bonchev–Trinajstić information content (AvgIpc) is 2.77. The number of nitrogens with zero attached hydrogens (tertiary/aromatic N) is 2. The van der Waals surface area contributed by atoms with Crippen molar-refractivity contribution in [3.63, 3.8) is 0 Å². The second-order valence-electron chi connectivity index (χ2n) is 8.75. The molecule has 0 N–H and O–H groups in total. The van der Waals surface area contributed by atoms with Gasteiger partial charge in [0.2, 0.25) is 0 Å². The molecule has 31 heavy (non-hydrogen) atoms. The van der Waals surface area contributed by atoms with Gasteiger partial charge in [-0.1, -0.05) is 36.4 Å². The van der Waals surface area contributed by atoms with E-state index in [1.807, 2.05) is 69.3 Å². The second kappa shape index (κ2) is 8.80. The van der Waals surface area contributed by atoms with Crippen molar-refractivity contribution < 1.29 is 14.3 Å². The first-order chi connectivity index (χ1) is 14.9. The van der Waals surface area contributed by atoms with Crippen molar-refractivity contribution >= 4 is 6.09 Å². The van der Waals surface area contributed by atoms with E-state index in [-0.39, 0.29) is 6.09 Å². The third-order valence-corrected chi connectivity index (χ3v) is 5.10. The average molecular weight is 417 g/mol. The first-order valence-electron chi connectivity index (χ1n) is 10.6. The monoisotopic (exact) mass is 416 g/mol. The number of carbonyl (C=O) groups excluding carboxylic acids is 1. The highest BCUT2D eigenvalue weighted by atomic mass is 16.6. The van der Waals surface area contributed by atoms with Gasteiger partial charge in [0.05, 0.1) is 12.2 Å². The van der Waals surface area contributed by atoms with E-state index in [9.17, 15) is 4.79 Å². The summed E-state index contributed by atoms with van der Waals surface area (Å²) in [5, 5.41) is 0. The van der Waals surface area contributed by atoms with Crippen molar-refractivity contribution in [2.75, 3.05) is 6.54 Å². The van der Waals surface area contributed by atoms with Gasteiger partial charge in [-0.3, -0.25) is 4.98 Å². The van der Waals surface area contributed by atoms with Gasteiger partial charge in [-0.25, -0.2) is 4.79 Å². The molecule has 0 atom stereocenters. The third-order valence-electron chi connectivity index (χ3n) is 5.10. The molecule has 0 bridgehead atoms. The van der Waals surface area contributed by atoms with Gasteiger partial charge < -0.3 is 14.4 Å². The van der Waals surface area contributed by atoms with Gasteiger partial charge in [-0.15, -0.1) is 0 Å². The Morgan fingerprint density at radius 3 is 2.45 bits per heavy atom. The fraction of sp³-hybridized carbons (Fsp3) is 0.308. The Balaban J connectivity index is 1.41. The summed E-state index contributed by atoms with van der Waals surface area (Å²) in [6, 6.07) is 22.2. The van der Waals surface area contributed by atoms with Crippen molar-refractivity contribution in [1.82, 2.24) is 9.88 Å². The van der Waals surface area contributed by atoms with Gasteiger partial charge in [0.1, 0.15) is 18.0 Å².